The first-order chi connectivity index (χ1) is 8.09. The number of hydrogen-bond donors (Lipinski definition) is 0. The van der Waals surface area contributed by atoms with Crippen LogP contribution in [0, 0.1) is 16.2 Å². The maximum absolute atomic E-state index is 10.5. The lowest BCUT2D eigenvalue weighted by Gasteiger charge is -2.06. The van der Waals surface area contributed by atoms with Crippen molar-refractivity contribution in [2.75, 3.05) is 0 Å². The highest BCUT2D eigenvalue weighted by Gasteiger charge is 2.10. The average Bonchev–Trinajstić information content (AvgIpc) is 2.29. The summed E-state index contributed by atoms with van der Waals surface area (Å²) in [4.78, 5) is 10.1. The summed E-state index contributed by atoms with van der Waals surface area (Å²) in [7, 11) is 0. The standard InChI is InChI=1S/C12H6Cl2NO2/c13-10-2-1-3-11(14)12(10)8-4-6-9(7-5-8)15(16)17/h2-7H. The minimum Gasteiger partial charge on any atom is -0.258 e. The SMILES string of the molecule is O=[N+]([O-])c1ccc(-c2c(Cl)c[c]cc2Cl)cc1. The molecule has 0 saturated carbocycles. The summed E-state index contributed by atoms with van der Waals surface area (Å²) in [6.07, 6.45) is 0. The molecule has 0 atom stereocenters. The Morgan fingerprint density at radius 1 is 1.06 bits per heavy atom. The van der Waals surface area contributed by atoms with Crippen molar-refractivity contribution in [3.8, 4) is 11.1 Å². The third-order valence-electron chi connectivity index (χ3n) is 2.26. The van der Waals surface area contributed by atoms with Gasteiger partial charge in [-0.05, 0) is 35.9 Å². The smallest absolute Gasteiger partial charge is 0.258 e. The van der Waals surface area contributed by atoms with Gasteiger partial charge >= 0.3 is 0 Å². The summed E-state index contributed by atoms with van der Waals surface area (Å²) in [5.41, 5.74) is 1.42. The van der Waals surface area contributed by atoms with Gasteiger partial charge in [-0.25, -0.2) is 0 Å². The Kier molecular flexibility index (Phi) is 3.31. The van der Waals surface area contributed by atoms with E-state index in [2.05, 4.69) is 6.07 Å². The van der Waals surface area contributed by atoms with E-state index in [1.54, 1.807) is 24.3 Å². The molecule has 0 unspecified atom stereocenters. The predicted molar refractivity (Wildman–Crippen MR) is 67.4 cm³/mol. The van der Waals surface area contributed by atoms with Crippen LogP contribution >= 0.6 is 23.2 Å². The largest absolute Gasteiger partial charge is 0.269 e. The van der Waals surface area contributed by atoms with E-state index in [9.17, 15) is 10.1 Å². The third-order valence-corrected chi connectivity index (χ3v) is 2.86. The second-order valence-corrected chi connectivity index (χ2v) is 4.14. The summed E-state index contributed by atoms with van der Waals surface area (Å²) in [5, 5.41) is 11.5. The molecule has 0 N–H and O–H groups in total. The monoisotopic (exact) mass is 266 g/mol. The zero-order valence-corrected chi connectivity index (χ0v) is 10.00. The molecule has 17 heavy (non-hydrogen) atoms. The number of nitrogens with zero attached hydrogens (tertiary/aromatic N) is 1. The second kappa shape index (κ2) is 4.73. The van der Waals surface area contributed by atoms with Gasteiger partial charge in [-0.1, -0.05) is 23.2 Å². The van der Waals surface area contributed by atoms with Gasteiger partial charge in [-0.2, -0.15) is 0 Å². The highest BCUT2D eigenvalue weighted by atomic mass is 35.5. The Morgan fingerprint density at radius 3 is 2.06 bits per heavy atom. The zero-order chi connectivity index (χ0) is 12.4. The third kappa shape index (κ3) is 2.40. The molecule has 0 spiro atoms. The van der Waals surface area contributed by atoms with E-state index in [0.29, 0.717) is 15.6 Å². The Balaban J connectivity index is 2.50. The molecule has 3 nitrogen and oxygen atoms in total. The number of benzene rings is 2. The first-order valence-corrected chi connectivity index (χ1v) is 5.45. The van der Waals surface area contributed by atoms with Gasteiger partial charge in [0.25, 0.3) is 5.69 Å². The van der Waals surface area contributed by atoms with Gasteiger partial charge in [-0.3, -0.25) is 10.1 Å². The summed E-state index contributed by atoms with van der Waals surface area (Å²) in [5.74, 6) is 0. The predicted octanol–water partition coefficient (Wildman–Crippen LogP) is 4.37. The Hall–Kier alpha value is -1.58. The number of halogens is 2. The van der Waals surface area contributed by atoms with E-state index in [1.807, 2.05) is 0 Å². The Labute approximate surface area is 108 Å². The van der Waals surface area contributed by atoms with Crippen LogP contribution in [0.3, 0.4) is 0 Å². The molecule has 0 aliphatic heterocycles. The van der Waals surface area contributed by atoms with Crippen LogP contribution in [-0.2, 0) is 0 Å². The van der Waals surface area contributed by atoms with Crippen LogP contribution in [0.2, 0.25) is 10.0 Å². The van der Waals surface area contributed by atoms with Crippen LogP contribution in [0.1, 0.15) is 0 Å². The van der Waals surface area contributed by atoms with Crippen LogP contribution in [-0.4, -0.2) is 4.92 Å². The number of hydrogen-bond acceptors (Lipinski definition) is 2. The van der Waals surface area contributed by atoms with Gasteiger partial charge < -0.3 is 0 Å². The normalized spacial score (nSPS) is 10.2. The zero-order valence-electron chi connectivity index (χ0n) is 8.48. The Bertz CT molecular complexity index is 547. The molecule has 0 amide bonds. The van der Waals surface area contributed by atoms with Crippen molar-refractivity contribution in [2.45, 2.75) is 0 Å². The number of non-ortho nitro benzene ring substituents is 1. The fraction of sp³-hybridized carbons (Fsp3) is 0. The van der Waals surface area contributed by atoms with E-state index in [1.165, 1.54) is 12.1 Å². The van der Waals surface area contributed by atoms with Crippen molar-refractivity contribution in [3.63, 3.8) is 0 Å². The molecule has 2 rings (SSSR count). The van der Waals surface area contributed by atoms with Crippen molar-refractivity contribution in [1.29, 1.82) is 0 Å². The summed E-state index contributed by atoms with van der Waals surface area (Å²) in [6, 6.07) is 12.1. The van der Waals surface area contributed by atoms with Crippen molar-refractivity contribution in [3.05, 3.63) is 62.6 Å². The molecule has 5 heteroatoms. The van der Waals surface area contributed by atoms with Crippen LogP contribution in [0.25, 0.3) is 11.1 Å². The molecule has 85 valence electrons. The summed E-state index contributed by atoms with van der Waals surface area (Å²) in [6.45, 7) is 0. The van der Waals surface area contributed by atoms with Gasteiger partial charge in [0.15, 0.2) is 0 Å². The van der Waals surface area contributed by atoms with E-state index < -0.39 is 4.92 Å². The summed E-state index contributed by atoms with van der Waals surface area (Å²) >= 11 is 12.0. The summed E-state index contributed by atoms with van der Waals surface area (Å²) < 4.78 is 0. The fourth-order valence-corrected chi connectivity index (χ4v) is 2.07. The lowest BCUT2D eigenvalue weighted by Crippen LogP contribution is -1.88. The molecule has 0 aliphatic rings. The van der Waals surface area contributed by atoms with E-state index in [0.717, 1.165) is 5.56 Å². The molecule has 0 bridgehead atoms. The number of rotatable bonds is 2. The van der Waals surface area contributed by atoms with E-state index in [-0.39, 0.29) is 5.69 Å². The van der Waals surface area contributed by atoms with Crippen LogP contribution in [0.5, 0.6) is 0 Å². The molecule has 0 aromatic heterocycles. The first-order valence-electron chi connectivity index (χ1n) is 4.69. The van der Waals surface area contributed by atoms with E-state index in [4.69, 9.17) is 23.2 Å². The highest BCUT2D eigenvalue weighted by molar-refractivity contribution is 6.39. The quantitative estimate of drug-likeness (QED) is 0.599. The number of nitro groups is 1. The van der Waals surface area contributed by atoms with Gasteiger partial charge in [0, 0.05) is 17.7 Å². The minimum atomic E-state index is -0.453. The van der Waals surface area contributed by atoms with Gasteiger partial charge in [0.1, 0.15) is 0 Å². The van der Waals surface area contributed by atoms with Crippen molar-refractivity contribution in [2.24, 2.45) is 0 Å². The maximum atomic E-state index is 10.5. The molecule has 0 heterocycles. The molecule has 0 aliphatic carbocycles. The van der Waals surface area contributed by atoms with E-state index >= 15 is 0 Å². The van der Waals surface area contributed by atoms with Crippen molar-refractivity contribution >= 4 is 28.9 Å². The molecule has 2 aromatic rings. The second-order valence-electron chi connectivity index (χ2n) is 3.33. The fourth-order valence-electron chi connectivity index (χ4n) is 1.47. The molecule has 1 radical (unpaired) electrons. The van der Waals surface area contributed by atoms with Crippen LogP contribution in [0.15, 0.2) is 36.4 Å². The van der Waals surface area contributed by atoms with Crippen molar-refractivity contribution < 1.29 is 4.92 Å². The lowest BCUT2D eigenvalue weighted by molar-refractivity contribution is -0.384. The molecule has 2 aromatic carbocycles. The van der Waals surface area contributed by atoms with Crippen LogP contribution in [0.4, 0.5) is 5.69 Å². The number of nitro benzene ring substituents is 1. The minimum absolute atomic E-state index is 0.0310. The molecular weight excluding hydrogens is 261 g/mol. The first kappa shape index (κ1) is 11.9. The molecule has 0 fully saturated rings. The molecule has 0 saturated heterocycles. The van der Waals surface area contributed by atoms with Gasteiger partial charge in [-0.15, -0.1) is 0 Å². The van der Waals surface area contributed by atoms with Gasteiger partial charge in [0.2, 0.25) is 0 Å². The Morgan fingerprint density at radius 2 is 1.59 bits per heavy atom. The van der Waals surface area contributed by atoms with Crippen LogP contribution < -0.4 is 0 Å². The maximum Gasteiger partial charge on any atom is 0.269 e. The van der Waals surface area contributed by atoms with Gasteiger partial charge in [0.05, 0.1) is 15.0 Å². The molecular formula is C12H6Cl2NO2. The highest BCUT2D eigenvalue weighted by Crippen LogP contribution is 2.34. The van der Waals surface area contributed by atoms with Crippen molar-refractivity contribution in [1.82, 2.24) is 0 Å². The lowest BCUT2D eigenvalue weighted by atomic mass is 10.1. The average molecular weight is 267 g/mol. The topological polar surface area (TPSA) is 43.1 Å².